The third-order valence-electron chi connectivity index (χ3n) is 2.89. The highest BCUT2D eigenvalue weighted by Gasteiger charge is 2.15. The third kappa shape index (κ3) is 2.36. The lowest BCUT2D eigenvalue weighted by molar-refractivity contribution is 0.563. The van der Waals surface area contributed by atoms with E-state index in [0.29, 0.717) is 0 Å². The fraction of sp³-hybridized carbons (Fsp3) is 0.385. The number of hydrogen-bond acceptors (Lipinski definition) is 3. The molecule has 0 saturated carbocycles. The van der Waals surface area contributed by atoms with Crippen LogP contribution in [-0.2, 0) is 6.54 Å². The van der Waals surface area contributed by atoms with Gasteiger partial charge in [-0.05, 0) is 44.7 Å². The van der Waals surface area contributed by atoms with Gasteiger partial charge in [0.05, 0.1) is 11.7 Å². The van der Waals surface area contributed by atoms with E-state index in [1.54, 1.807) is 0 Å². The molecule has 4 nitrogen and oxygen atoms in total. The average Bonchev–Trinajstić information content (AvgIpc) is 2.78. The quantitative estimate of drug-likeness (QED) is 0.872. The number of aryl methyl sites for hydroxylation is 2. The topological polar surface area (TPSA) is 42.7 Å². The Bertz CT molecular complexity index is 490. The van der Waals surface area contributed by atoms with Gasteiger partial charge in [0, 0.05) is 24.6 Å². The maximum absolute atomic E-state index is 4.31. The van der Waals surface area contributed by atoms with Gasteiger partial charge in [0.1, 0.15) is 0 Å². The van der Waals surface area contributed by atoms with E-state index in [1.807, 2.05) is 37.1 Å². The van der Waals surface area contributed by atoms with Gasteiger partial charge in [0.15, 0.2) is 0 Å². The Morgan fingerprint density at radius 2 is 2.18 bits per heavy atom. The fourth-order valence-corrected chi connectivity index (χ4v) is 2.08. The second kappa shape index (κ2) is 5.10. The summed E-state index contributed by atoms with van der Waals surface area (Å²) >= 11 is 0. The molecule has 0 aliphatic heterocycles. The molecule has 1 unspecified atom stereocenters. The molecule has 2 aromatic rings. The predicted molar refractivity (Wildman–Crippen MR) is 67.8 cm³/mol. The molecule has 0 radical (unpaired) electrons. The van der Waals surface area contributed by atoms with E-state index in [0.717, 1.165) is 12.2 Å². The van der Waals surface area contributed by atoms with Crippen molar-refractivity contribution in [3.05, 3.63) is 47.5 Å². The fourth-order valence-electron chi connectivity index (χ4n) is 2.08. The molecule has 0 aliphatic carbocycles. The molecule has 2 rings (SSSR count). The summed E-state index contributed by atoms with van der Waals surface area (Å²) in [5, 5.41) is 7.65. The zero-order chi connectivity index (χ0) is 12.3. The predicted octanol–water partition coefficient (Wildman–Crippen LogP) is 1.92. The molecule has 0 aromatic carbocycles. The Kier molecular flexibility index (Phi) is 3.54. The van der Waals surface area contributed by atoms with E-state index in [2.05, 4.69) is 34.5 Å². The highest BCUT2D eigenvalue weighted by atomic mass is 15.3. The number of hydrogen-bond donors (Lipinski definition) is 1. The van der Waals surface area contributed by atoms with Gasteiger partial charge in [-0.25, -0.2) is 0 Å². The van der Waals surface area contributed by atoms with Gasteiger partial charge >= 0.3 is 0 Å². The summed E-state index contributed by atoms with van der Waals surface area (Å²) < 4.78 is 2.01. The highest BCUT2D eigenvalue weighted by Crippen LogP contribution is 2.21. The van der Waals surface area contributed by atoms with Gasteiger partial charge in [-0.2, -0.15) is 5.10 Å². The van der Waals surface area contributed by atoms with Crippen molar-refractivity contribution in [1.82, 2.24) is 20.1 Å². The minimum atomic E-state index is 0.166. The van der Waals surface area contributed by atoms with E-state index in [4.69, 9.17) is 0 Å². The summed E-state index contributed by atoms with van der Waals surface area (Å²) in [4.78, 5) is 4.23. The second-order valence-corrected chi connectivity index (χ2v) is 4.02. The van der Waals surface area contributed by atoms with Crippen LogP contribution in [0.3, 0.4) is 0 Å². The Morgan fingerprint density at radius 3 is 2.82 bits per heavy atom. The first-order valence-electron chi connectivity index (χ1n) is 5.87. The van der Waals surface area contributed by atoms with Crippen LogP contribution in [0.2, 0.25) is 0 Å². The van der Waals surface area contributed by atoms with Crippen LogP contribution >= 0.6 is 0 Å². The smallest absolute Gasteiger partial charge is 0.0747 e. The maximum Gasteiger partial charge on any atom is 0.0747 e. The van der Waals surface area contributed by atoms with Crippen LogP contribution in [-0.4, -0.2) is 21.8 Å². The zero-order valence-corrected chi connectivity index (χ0v) is 10.5. The van der Waals surface area contributed by atoms with Crippen LogP contribution in [0.1, 0.15) is 29.9 Å². The van der Waals surface area contributed by atoms with Gasteiger partial charge in [0.2, 0.25) is 0 Å². The number of rotatable bonds is 4. The van der Waals surface area contributed by atoms with E-state index >= 15 is 0 Å². The largest absolute Gasteiger partial charge is 0.308 e. The maximum atomic E-state index is 4.31. The molecular formula is C13H18N4. The molecule has 1 N–H and O–H groups in total. The number of nitrogens with zero attached hydrogens (tertiary/aromatic N) is 3. The molecule has 4 heteroatoms. The van der Waals surface area contributed by atoms with Crippen molar-refractivity contribution >= 4 is 0 Å². The van der Waals surface area contributed by atoms with Crippen LogP contribution in [0.5, 0.6) is 0 Å². The summed E-state index contributed by atoms with van der Waals surface area (Å²) in [6, 6.07) is 6.37. The molecule has 0 aliphatic rings. The molecule has 0 fully saturated rings. The van der Waals surface area contributed by atoms with E-state index < -0.39 is 0 Å². The molecule has 0 bridgehead atoms. The van der Waals surface area contributed by atoms with Crippen molar-refractivity contribution in [3.63, 3.8) is 0 Å². The Hall–Kier alpha value is -1.68. The highest BCUT2D eigenvalue weighted by molar-refractivity contribution is 5.27. The van der Waals surface area contributed by atoms with Crippen molar-refractivity contribution in [3.8, 4) is 0 Å². The van der Waals surface area contributed by atoms with Crippen LogP contribution < -0.4 is 5.32 Å². The second-order valence-electron chi connectivity index (χ2n) is 4.02. The summed E-state index contributed by atoms with van der Waals surface area (Å²) in [5.41, 5.74) is 3.43. The lowest BCUT2D eigenvalue weighted by Crippen LogP contribution is -2.21. The van der Waals surface area contributed by atoms with Crippen LogP contribution in [0.4, 0.5) is 0 Å². The van der Waals surface area contributed by atoms with E-state index in [1.165, 1.54) is 11.3 Å². The molecule has 90 valence electrons. The molecule has 0 amide bonds. The molecule has 2 aromatic heterocycles. The molecule has 1 atom stereocenters. The van der Waals surface area contributed by atoms with Crippen molar-refractivity contribution in [2.45, 2.75) is 26.4 Å². The molecule has 17 heavy (non-hydrogen) atoms. The van der Waals surface area contributed by atoms with Gasteiger partial charge in [0.25, 0.3) is 0 Å². The van der Waals surface area contributed by atoms with Gasteiger partial charge in [-0.1, -0.05) is 0 Å². The lowest BCUT2D eigenvalue weighted by Gasteiger charge is -2.18. The van der Waals surface area contributed by atoms with Gasteiger partial charge < -0.3 is 5.32 Å². The van der Waals surface area contributed by atoms with Gasteiger partial charge in [-0.3, -0.25) is 9.67 Å². The number of pyridine rings is 1. The summed E-state index contributed by atoms with van der Waals surface area (Å²) in [7, 11) is 1.97. The monoisotopic (exact) mass is 230 g/mol. The van der Waals surface area contributed by atoms with E-state index in [-0.39, 0.29) is 6.04 Å². The molecule has 2 heterocycles. The minimum absolute atomic E-state index is 0.166. The van der Waals surface area contributed by atoms with Gasteiger partial charge in [-0.15, -0.1) is 0 Å². The van der Waals surface area contributed by atoms with Crippen molar-refractivity contribution in [2.75, 3.05) is 7.05 Å². The van der Waals surface area contributed by atoms with Crippen molar-refractivity contribution < 1.29 is 0 Å². The summed E-state index contributed by atoms with van der Waals surface area (Å²) in [5.74, 6) is 0. The Labute approximate surface area is 102 Å². The molecule has 0 saturated heterocycles. The molecular weight excluding hydrogens is 212 g/mol. The summed E-state index contributed by atoms with van der Waals surface area (Å²) in [6.45, 7) is 4.99. The molecule has 0 spiro atoms. The number of aromatic nitrogens is 3. The van der Waals surface area contributed by atoms with Crippen molar-refractivity contribution in [1.29, 1.82) is 0 Å². The third-order valence-corrected chi connectivity index (χ3v) is 2.89. The first-order valence-corrected chi connectivity index (χ1v) is 5.87. The Morgan fingerprint density at radius 1 is 1.35 bits per heavy atom. The van der Waals surface area contributed by atoms with Crippen LogP contribution in [0, 0.1) is 6.92 Å². The first-order chi connectivity index (χ1) is 8.26. The Balaban J connectivity index is 2.40. The van der Waals surface area contributed by atoms with Crippen LogP contribution in [0.25, 0.3) is 0 Å². The normalized spacial score (nSPS) is 12.6. The zero-order valence-electron chi connectivity index (χ0n) is 10.5. The standard InChI is InChI=1S/C13H18N4/c1-4-17-12(6-8-16-17)13(14-3)11-5-7-15-10(2)9-11/h5-9,13-14H,4H2,1-3H3. The average molecular weight is 230 g/mol. The lowest BCUT2D eigenvalue weighted by atomic mass is 10.0. The van der Waals surface area contributed by atoms with Crippen LogP contribution in [0.15, 0.2) is 30.6 Å². The first kappa shape index (κ1) is 11.8. The SMILES string of the molecule is CCn1nccc1C(NC)c1ccnc(C)c1. The number of nitrogens with one attached hydrogen (secondary N) is 1. The summed E-state index contributed by atoms with van der Waals surface area (Å²) in [6.07, 6.45) is 3.69. The van der Waals surface area contributed by atoms with E-state index in [9.17, 15) is 0 Å². The van der Waals surface area contributed by atoms with Crippen molar-refractivity contribution in [2.24, 2.45) is 0 Å². The minimum Gasteiger partial charge on any atom is -0.308 e.